The summed E-state index contributed by atoms with van der Waals surface area (Å²) in [6.45, 7) is 4.98. The van der Waals surface area contributed by atoms with E-state index >= 15 is 0 Å². The molecule has 3 heteroatoms. The Kier molecular flexibility index (Phi) is 2.86. The molecule has 0 N–H and O–H groups in total. The molecule has 0 unspecified atom stereocenters. The standard InChI is InChI=1S/C10H10BrFO/c1-5-4-8(11)10(12)9(6(5)2)7(3)13/h4H,1-3H3. The van der Waals surface area contributed by atoms with Crippen LogP contribution in [0.1, 0.15) is 28.4 Å². The fraction of sp³-hybridized carbons (Fsp3) is 0.300. The van der Waals surface area contributed by atoms with Crippen LogP contribution in [0.2, 0.25) is 0 Å². The Balaban J connectivity index is 3.56. The van der Waals surface area contributed by atoms with E-state index in [0.29, 0.717) is 10.0 Å². The molecule has 1 aromatic rings. The molecule has 70 valence electrons. The molecule has 0 aliphatic heterocycles. The van der Waals surface area contributed by atoms with Crippen LogP contribution in [0.3, 0.4) is 0 Å². The zero-order chi connectivity index (χ0) is 10.2. The largest absolute Gasteiger partial charge is 0.294 e. The summed E-state index contributed by atoms with van der Waals surface area (Å²) in [6, 6.07) is 1.68. The highest BCUT2D eigenvalue weighted by Crippen LogP contribution is 2.25. The number of ketones is 1. The molecule has 0 bridgehead atoms. The van der Waals surface area contributed by atoms with E-state index in [4.69, 9.17) is 0 Å². The van der Waals surface area contributed by atoms with Crippen molar-refractivity contribution in [3.05, 3.63) is 33.0 Å². The smallest absolute Gasteiger partial charge is 0.163 e. The van der Waals surface area contributed by atoms with Gasteiger partial charge < -0.3 is 0 Å². The quantitative estimate of drug-likeness (QED) is 0.693. The molecule has 0 amide bonds. The van der Waals surface area contributed by atoms with Gasteiger partial charge in [0.05, 0.1) is 10.0 Å². The van der Waals surface area contributed by atoms with Crippen LogP contribution in [0.5, 0.6) is 0 Å². The lowest BCUT2D eigenvalue weighted by atomic mass is 10.0. The molecule has 0 saturated heterocycles. The second-order valence-electron chi connectivity index (χ2n) is 3.05. The lowest BCUT2D eigenvalue weighted by Crippen LogP contribution is -2.03. The zero-order valence-corrected chi connectivity index (χ0v) is 9.33. The predicted octanol–water partition coefficient (Wildman–Crippen LogP) is 3.41. The van der Waals surface area contributed by atoms with Crippen molar-refractivity contribution in [3.8, 4) is 0 Å². The SMILES string of the molecule is CC(=O)c1c(C)c(C)cc(Br)c1F. The minimum atomic E-state index is -0.462. The molecule has 0 fully saturated rings. The van der Waals surface area contributed by atoms with Gasteiger partial charge in [-0.15, -0.1) is 0 Å². The number of aryl methyl sites for hydroxylation is 1. The summed E-state index contributed by atoms with van der Waals surface area (Å²) in [4.78, 5) is 11.1. The van der Waals surface area contributed by atoms with Gasteiger partial charge in [0.25, 0.3) is 0 Å². The van der Waals surface area contributed by atoms with Crippen LogP contribution in [0.4, 0.5) is 4.39 Å². The van der Waals surface area contributed by atoms with Gasteiger partial charge in [-0.1, -0.05) is 0 Å². The van der Waals surface area contributed by atoms with E-state index in [1.54, 1.807) is 13.0 Å². The first kappa shape index (κ1) is 10.4. The van der Waals surface area contributed by atoms with Gasteiger partial charge in [-0.3, -0.25) is 4.79 Å². The van der Waals surface area contributed by atoms with Crippen molar-refractivity contribution < 1.29 is 9.18 Å². The van der Waals surface area contributed by atoms with Crippen molar-refractivity contribution in [2.24, 2.45) is 0 Å². The van der Waals surface area contributed by atoms with Gasteiger partial charge in [0.1, 0.15) is 5.82 Å². The maximum absolute atomic E-state index is 13.4. The third kappa shape index (κ3) is 1.80. The van der Waals surface area contributed by atoms with Gasteiger partial charge in [-0.05, 0) is 53.9 Å². The predicted molar refractivity (Wildman–Crippen MR) is 53.6 cm³/mol. The topological polar surface area (TPSA) is 17.1 Å². The molecule has 0 aliphatic rings. The maximum Gasteiger partial charge on any atom is 0.163 e. The van der Waals surface area contributed by atoms with Crippen LogP contribution in [-0.4, -0.2) is 5.78 Å². The maximum atomic E-state index is 13.4. The van der Waals surface area contributed by atoms with Crippen molar-refractivity contribution in [1.29, 1.82) is 0 Å². The molecule has 0 atom stereocenters. The van der Waals surface area contributed by atoms with Gasteiger partial charge in [-0.25, -0.2) is 4.39 Å². The average molecular weight is 245 g/mol. The molecule has 0 spiro atoms. The van der Waals surface area contributed by atoms with Crippen molar-refractivity contribution in [2.75, 3.05) is 0 Å². The summed E-state index contributed by atoms with van der Waals surface area (Å²) >= 11 is 3.07. The van der Waals surface area contributed by atoms with Crippen LogP contribution in [0, 0.1) is 19.7 Å². The fourth-order valence-corrected chi connectivity index (χ4v) is 1.80. The number of carbonyl (C=O) groups excluding carboxylic acids is 1. The van der Waals surface area contributed by atoms with E-state index < -0.39 is 5.82 Å². The van der Waals surface area contributed by atoms with Crippen molar-refractivity contribution in [1.82, 2.24) is 0 Å². The number of benzene rings is 1. The Morgan fingerprint density at radius 1 is 1.46 bits per heavy atom. The first-order valence-corrected chi connectivity index (χ1v) is 4.70. The highest BCUT2D eigenvalue weighted by molar-refractivity contribution is 9.10. The minimum absolute atomic E-state index is 0.187. The molecule has 0 radical (unpaired) electrons. The monoisotopic (exact) mass is 244 g/mol. The molecule has 0 aliphatic carbocycles. The van der Waals surface area contributed by atoms with Crippen LogP contribution in [0.25, 0.3) is 0 Å². The molecular formula is C10H10BrFO. The molecule has 1 nitrogen and oxygen atoms in total. The van der Waals surface area contributed by atoms with E-state index in [1.165, 1.54) is 6.92 Å². The summed E-state index contributed by atoms with van der Waals surface area (Å²) < 4.78 is 13.8. The highest BCUT2D eigenvalue weighted by atomic mass is 79.9. The Labute approximate surface area is 85.1 Å². The number of hydrogen-bond acceptors (Lipinski definition) is 1. The number of rotatable bonds is 1. The van der Waals surface area contributed by atoms with Gasteiger partial charge in [0.15, 0.2) is 5.78 Å². The summed E-state index contributed by atoms with van der Waals surface area (Å²) in [5.74, 6) is -0.699. The second kappa shape index (κ2) is 3.58. The molecule has 1 rings (SSSR count). The molecule has 0 heterocycles. The third-order valence-corrected chi connectivity index (χ3v) is 2.67. The van der Waals surface area contributed by atoms with E-state index in [-0.39, 0.29) is 11.3 Å². The summed E-state index contributed by atoms with van der Waals surface area (Å²) in [6.07, 6.45) is 0. The number of halogens is 2. The normalized spacial score (nSPS) is 10.2. The Morgan fingerprint density at radius 2 is 2.00 bits per heavy atom. The minimum Gasteiger partial charge on any atom is -0.294 e. The lowest BCUT2D eigenvalue weighted by molar-refractivity contribution is 0.101. The van der Waals surface area contributed by atoms with Crippen molar-refractivity contribution in [3.63, 3.8) is 0 Å². The fourth-order valence-electron chi connectivity index (χ4n) is 1.26. The van der Waals surface area contributed by atoms with Gasteiger partial charge in [-0.2, -0.15) is 0 Å². The van der Waals surface area contributed by atoms with Crippen LogP contribution >= 0.6 is 15.9 Å². The Bertz CT molecular complexity index is 345. The van der Waals surface area contributed by atoms with Crippen LogP contribution < -0.4 is 0 Å². The third-order valence-electron chi connectivity index (χ3n) is 2.09. The molecule has 1 aromatic carbocycles. The van der Waals surface area contributed by atoms with E-state index in [1.807, 2.05) is 6.92 Å². The molecule has 13 heavy (non-hydrogen) atoms. The molecule has 0 saturated carbocycles. The average Bonchev–Trinajstić information content (AvgIpc) is 2.01. The Morgan fingerprint density at radius 3 is 2.46 bits per heavy atom. The summed E-state index contributed by atoms with van der Waals surface area (Å²) in [5, 5.41) is 0. The van der Waals surface area contributed by atoms with E-state index in [0.717, 1.165) is 5.56 Å². The lowest BCUT2D eigenvalue weighted by Gasteiger charge is -2.08. The summed E-state index contributed by atoms with van der Waals surface area (Å²) in [7, 11) is 0. The molecule has 0 aromatic heterocycles. The van der Waals surface area contributed by atoms with Crippen molar-refractivity contribution >= 4 is 21.7 Å². The summed E-state index contributed by atoms with van der Waals surface area (Å²) in [5.41, 5.74) is 1.82. The van der Waals surface area contributed by atoms with Gasteiger partial charge >= 0.3 is 0 Å². The van der Waals surface area contributed by atoms with Crippen LogP contribution in [0.15, 0.2) is 10.5 Å². The molecular weight excluding hydrogens is 235 g/mol. The Hall–Kier alpha value is -0.700. The van der Waals surface area contributed by atoms with Gasteiger partial charge in [0, 0.05) is 0 Å². The second-order valence-corrected chi connectivity index (χ2v) is 3.90. The highest BCUT2D eigenvalue weighted by Gasteiger charge is 2.15. The first-order chi connectivity index (χ1) is 5.95. The number of hydrogen-bond donors (Lipinski definition) is 0. The van der Waals surface area contributed by atoms with Crippen molar-refractivity contribution in [2.45, 2.75) is 20.8 Å². The van der Waals surface area contributed by atoms with E-state index in [9.17, 15) is 9.18 Å². The zero-order valence-electron chi connectivity index (χ0n) is 7.74. The number of Topliss-reactive ketones (excluding diaryl/α,β-unsaturated/α-hetero) is 1. The van der Waals surface area contributed by atoms with Crippen LogP contribution in [-0.2, 0) is 0 Å². The number of carbonyl (C=O) groups is 1. The van der Waals surface area contributed by atoms with E-state index in [2.05, 4.69) is 15.9 Å². The van der Waals surface area contributed by atoms with Gasteiger partial charge in [0.2, 0.25) is 0 Å². The first-order valence-electron chi connectivity index (χ1n) is 3.91.